The molecule has 0 aliphatic heterocycles. The first kappa shape index (κ1) is 17.8. The molecule has 0 aliphatic carbocycles. The van der Waals surface area contributed by atoms with Gasteiger partial charge >= 0.3 is 0 Å². The summed E-state index contributed by atoms with van der Waals surface area (Å²) in [5.41, 5.74) is 6.82. The number of nitrogens with zero attached hydrogens (tertiary/aromatic N) is 4. The molecule has 2 aromatic carbocycles. The summed E-state index contributed by atoms with van der Waals surface area (Å²) in [6.07, 6.45) is 0. The van der Waals surface area contributed by atoms with Crippen molar-refractivity contribution in [2.24, 2.45) is 5.73 Å². The lowest BCUT2D eigenvalue weighted by Gasteiger charge is -2.18. The van der Waals surface area contributed by atoms with Crippen LogP contribution < -0.4 is 11.1 Å². The van der Waals surface area contributed by atoms with E-state index in [0.717, 1.165) is 16.3 Å². The van der Waals surface area contributed by atoms with E-state index in [1.807, 2.05) is 30.3 Å². The lowest BCUT2D eigenvalue weighted by molar-refractivity contribution is -0.122. The van der Waals surface area contributed by atoms with Gasteiger partial charge in [-0.15, -0.1) is 17.5 Å². The molecule has 8 heteroatoms. The lowest BCUT2D eigenvalue weighted by atomic mass is 10.0. The first-order valence-electron chi connectivity index (χ1n) is 7.38. The average molecular weight is 347 g/mol. The molecule has 1 atom stereocenters. The van der Waals surface area contributed by atoms with Crippen molar-refractivity contribution in [3.63, 3.8) is 0 Å². The average Bonchev–Trinajstić information content (AvgIpc) is 2.97. The van der Waals surface area contributed by atoms with Crippen molar-refractivity contribution >= 4 is 29.1 Å². The molecule has 3 rings (SSSR count). The van der Waals surface area contributed by atoms with Gasteiger partial charge in [-0.05, 0) is 39.8 Å². The van der Waals surface area contributed by atoms with Crippen LogP contribution in [0.25, 0.3) is 10.8 Å². The minimum atomic E-state index is -0.246. The molecule has 0 aliphatic rings. The summed E-state index contributed by atoms with van der Waals surface area (Å²) in [6, 6.07) is 13.9. The molecular weight excluding hydrogens is 328 g/mol. The van der Waals surface area contributed by atoms with Gasteiger partial charge in [-0.25, -0.2) is 4.68 Å². The van der Waals surface area contributed by atoms with Crippen LogP contribution in [-0.2, 0) is 11.3 Å². The van der Waals surface area contributed by atoms with Gasteiger partial charge in [-0.3, -0.25) is 4.79 Å². The summed E-state index contributed by atoms with van der Waals surface area (Å²) in [4.78, 5) is 12.2. The van der Waals surface area contributed by atoms with Gasteiger partial charge in [0.05, 0.1) is 6.04 Å². The second kappa shape index (κ2) is 7.85. The van der Waals surface area contributed by atoms with Gasteiger partial charge < -0.3 is 11.1 Å². The smallest absolute Gasteiger partial charge is 0.242 e. The van der Waals surface area contributed by atoms with E-state index in [2.05, 4.69) is 33.0 Å². The van der Waals surface area contributed by atoms with Crippen LogP contribution in [0.5, 0.6) is 0 Å². The largest absolute Gasteiger partial charge is 0.346 e. The number of aryl methyl sites for hydroxylation is 1. The third kappa shape index (κ3) is 3.87. The molecule has 0 saturated carbocycles. The van der Waals surface area contributed by atoms with Gasteiger partial charge in [0.25, 0.3) is 0 Å². The van der Waals surface area contributed by atoms with Crippen LogP contribution in [0.15, 0.2) is 42.5 Å². The third-order valence-electron chi connectivity index (χ3n) is 3.75. The summed E-state index contributed by atoms with van der Waals surface area (Å²) in [7, 11) is 0. The van der Waals surface area contributed by atoms with Crippen LogP contribution in [0, 0.1) is 6.92 Å². The summed E-state index contributed by atoms with van der Waals surface area (Å²) >= 11 is 0. The Morgan fingerprint density at radius 3 is 2.67 bits per heavy atom. The molecule has 1 unspecified atom stereocenters. The SMILES string of the molecule is Cc1nnnn1CC(=O)NC(CN)c1ccc2ccccc2c1.Cl. The molecule has 24 heavy (non-hydrogen) atoms. The van der Waals surface area contributed by atoms with Crippen molar-refractivity contribution in [2.75, 3.05) is 6.54 Å². The predicted molar refractivity (Wildman–Crippen MR) is 93.7 cm³/mol. The predicted octanol–water partition coefficient (Wildman–Crippen LogP) is 1.37. The normalized spacial score (nSPS) is 11.8. The van der Waals surface area contributed by atoms with Gasteiger partial charge in [0.15, 0.2) is 0 Å². The number of benzene rings is 2. The molecular formula is C16H19ClN6O. The number of nitrogens with two attached hydrogens (primary N) is 1. The molecule has 3 aromatic rings. The van der Waals surface area contributed by atoms with E-state index in [9.17, 15) is 4.79 Å². The molecule has 126 valence electrons. The van der Waals surface area contributed by atoms with Crippen LogP contribution in [0.2, 0.25) is 0 Å². The monoisotopic (exact) mass is 346 g/mol. The molecule has 0 fully saturated rings. The first-order chi connectivity index (χ1) is 11.2. The fourth-order valence-electron chi connectivity index (χ4n) is 2.47. The summed E-state index contributed by atoms with van der Waals surface area (Å²) in [6.45, 7) is 2.14. The lowest BCUT2D eigenvalue weighted by Crippen LogP contribution is -2.36. The highest BCUT2D eigenvalue weighted by Crippen LogP contribution is 2.20. The maximum absolute atomic E-state index is 12.2. The molecule has 0 bridgehead atoms. The zero-order valence-electron chi connectivity index (χ0n) is 13.2. The summed E-state index contributed by atoms with van der Waals surface area (Å²) in [5.74, 6) is 0.416. The molecule has 0 saturated heterocycles. The zero-order chi connectivity index (χ0) is 16.2. The number of halogens is 1. The van der Waals surface area contributed by atoms with E-state index in [4.69, 9.17) is 5.73 Å². The molecule has 1 aromatic heterocycles. The van der Waals surface area contributed by atoms with Crippen molar-refractivity contribution in [1.29, 1.82) is 0 Å². The zero-order valence-corrected chi connectivity index (χ0v) is 14.0. The number of rotatable bonds is 5. The number of amides is 1. The first-order valence-corrected chi connectivity index (χ1v) is 7.38. The minimum Gasteiger partial charge on any atom is -0.346 e. The van der Waals surface area contributed by atoms with E-state index < -0.39 is 0 Å². The highest BCUT2D eigenvalue weighted by molar-refractivity contribution is 5.85. The van der Waals surface area contributed by atoms with E-state index in [0.29, 0.717) is 12.4 Å². The topological polar surface area (TPSA) is 98.7 Å². The van der Waals surface area contributed by atoms with Gasteiger partial charge in [0.2, 0.25) is 5.91 Å². The van der Waals surface area contributed by atoms with Gasteiger partial charge in [-0.2, -0.15) is 0 Å². The molecule has 1 heterocycles. The fraction of sp³-hybridized carbons (Fsp3) is 0.250. The van der Waals surface area contributed by atoms with E-state index in [1.54, 1.807) is 6.92 Å². The van der Waals surface area contributed by atoms with Gasteiger partial charge in [-0.1, -0.05) is 36.4 Å². The van der Waals surface area contributed by atoms with Gasteiger partial charge in [0.1, 0.15) is 12.4 Å². The standard InChI is InChI=1S/C16H18N6O.ClH/c1-11-19-20-21-22(11)10-16(23)18-15(9-17)14-7-6-12-4-2-3-5-13(12)8-14;/h2-8,15H,9-10,17H2,1H3,(H,18,23);1H. The van der Waals surface area contributed by atoms with Crippen LogP contribution in [-0.4, -0.2) is 32.7 Å². The van der Waals surface area contributed by atoms with Crippen LogP contribution in [0.4, 0.5) is 0 Å². The maximum Gasteiger partial charge on any atom is 0.242 e. The number of hydrogen-bond acceptors (Lipinski definition) is 5. The Hall–Kier alpha value is -2.51. The highest BCUT2D eigenvalue weighted by atomic mass is 35.5. The number of aromatic nitrogens is 4. The second-order valence-electron chi connectivity index (χ2n) is 5.35. The molecule has 3 N–H and O–H groups in total. The number of carbonyl (C=O) groups is 1. The van der Waals surface area contributed by atoms with Crippen LogP contribution >= 0.6 is 12.4 Å². The van der Waals surface area contributed by atoms with Crippen molar-refractivity contribution < 1.29 is 4.79 Å². The Balaban J connectivity index is 0.00000208. The van der Waals surface area contributed by atoms with E-state index in [-0.39, 0.29) is 30.9 Å². The van der Waals surface area contributed by atoms with E-state index in [1.165, 1.54) is 4.68 Å². The molecule has 0 spiro atoms. The van der Waals surface area contributed by atoms with Crippen LogP contribution in [0.3, 0.4) is 0 Å². The Morgan fingerprint density at radius 1 is 1.25 bits per heavy atom. The van der Waals surface area contributed by atoms with Crippen molar-refractivity contribution in [1.82, 2.24) is 25.5 Å². The fourth-order valence-corrected chi connectivity index (χ4v) is 2.47. The number of hydrogen-bond donors (Lipinski definition) is 2. The van der Waals surface area contributed by atoms with Crippen molar-refractivity contribution in [2.45, 2.75) is 19.5 Å². The Bertz CT molecular complexity index is 834. The van der Waals surface area contributed by atoms with Crippen molar-refractivity contribution in [3.05, 3.63) is 53.9 Å². The van der Waals surface area contributed by atoms with Crippen molar-refractivity contribution in [3.8, 4) is 0 Å². The Kier molecular flexibility index (Phi) is 5.83. The second-order valence-corrected chi connectivity index (χ2v) is 5.35. The number of fused-ring (bicyclic) bond motifs is 1. The quantitative estimate of drug-likeness (QED) is 0.727. The Labute approximate surface area is 145 Å². The Morgan fingerprint density at radius 2 is 2.00 bits per heavy atom. The molecule has 0 radical (unpaired) electrons. The summed E-state index contributed by atoms with van der Waals surface area (Å²) < 4.78 is 1.45. The number of tetrazole rings is 1. The minimum absolute atomic E-state index is 0. The van der Waals surface area contributed by atoms with E-state index >= 15 is 0 Å². The van der Waals surface area contributed by atoms with Gasteiger partial charge in [0, 0.05) is 6.54 Å². The maximum atomic E-state index is 12.2. The number of nitrogens with one attached hydrogen (secondary N) is 1. The molecule has 1 amide bonds. The molecule has 7 nitrogen and oxygen atoms in total. The third-order valence-corrected chi connectivity index (χ3v) is 3.75. The highest BCUT2D eigenvalue weighted by Gasteiger charge is 2.15. The summed E-state index contributed by atoms with van der Waals surface area (Å²) in [5, 5.41) is 16.3. The van der Waals surface area contributed by atoms with Crippen LogP contribution in [0.1, 0.15) is 17.4 Å². The number of carbonyl (C=O) groups excluding carboxylic acids is 1.